The maximum Gasteiger partial charge on any atom is 0.409 e. The second-order valence-corrected chi connectivity index (χ2v) is 5.04. The molecule has 0 spiro atoms. The van der Waals surface area contributed by atoms with Gasteiger partial charge in [0.05, 0.1) is 6.61 Å². The molecule has 94 valence electrons. The maximum atomic E-state index is 11.6. The van der Waals surface area contributed by atoms with Crippen molar-refractivity contribution < 1.29 is 9.53 Å². The molecule has 0 aliphatic carbocycles. The first-order valence-electron chi connectivity index (χ1n) is 6.18. The topological polar surface area (TPSA) is 41.6 Å². The molecule has 0 unspecified atom stereocenters. The molecule has 0 aromatic carbocycles. The Kier molecular flexibility index (Phi) is 5.60. The Balaban J connectivity index is 2.21. The quantitative estimate of drug-likeness (QED) is 0.796. The summed E-state index contributed by atoms with van der Waals surface area (Å²) in [5.41, 5.74) is 0. The Labute approximate surface area is 98.3 Å². The highest BCUT2D eigenvalue weighted by atomic mass is 16.6. The lowest BCUT2D eigenvalue weighted by molar-refractivity contribution is 0.0930. The minimum Gasteiger partial charge on any atom is -0.449 e. The van der Waals surface area contributed by atoms with E-state index in [1.165, 1.54) is 0 Å². The van der Waals surface area contributed by atoms with Gasteiger partial charge in [0, 0.05) is 13.6 Å². The van der Waals surface area contributed by atoms with Crippen molar-refractivity contribution in [3.8, 4) is 0 Å². The molecule has 0 aromatic heterocycles. The molecule has 0 bridgehead atoms. The minimum absolute atomic E-state index is 0.188. The van der Waals surface area contributed by atoms with Crippen LogP contribution in [0, 0.1) is 11.8 Å². The predicted octanol–water partition coefficient (Wildman–Crippen LogP) is 1.71. The summed E-state index contributed by atoms with van der Waals surface area (Å²) in [6.45, 7) is 7.55. The Morgan fingerprint density at radius 3 is 2.62 bits per heavy atom. The first kappa shape index (κ1) is 13.3. The van der Waals surface area contributed by atoms with Crippen LogP contribution in [0.25, 0.3) is 0 Å². The van der Waals surface area contributed by atoms with E-state index in [9.17, 15) is 4.79 Å². The molecule has 1 aliphatic rings. The fourth-order valence-electron chi connectivity index (χ4n) is 1.87. The highest BCUT2D eigenvalue weighted by Gasteiger charge is 2.18. The van der Waals surface area contributed by atoms with Gasteiger partial charge in [0.1, 0.15) is 0 Å². The first-order valence-corrected chi connectivity index (χ1v) is 6.18. The van der Waals surface area contributed by atoms with Gasteiger partial charge >= 0.3 is 6.09 Å². The normalized spacial score (nSPS) is 17.5. The van der Waals surface area contributed by atoms with E-state index in [4.69, 9.17) is 4.74 Å². The van der Waals surface area contributed by atoms with Crippen LogP contribution in [0.4, 0.5) is 4.79 Å². The van der Waals surface area contributed by atoms with Gasteiger partial charge < -0.3 is 15.0 Å². The Morgan fingerprint density at radius 1 is 1.44 bits per heavy atom. The van der Waals surface area contributed by atoms with Crippen molar-refractivity contribution in [1.82, 2.24) is 10.2 Å². The summed E-state index contributed by atoms with van der Waals surface area (Å²) in [5, 5.41) is 3.32. The van der Waals surface area contributed by atoms with E-state index in [1.54, 1.807) is 4.90 Å². The molecule has 4 nitrogen and oxygen atoms in total. The van der Waals surface area contributed by atoms with E-state index in [0.717, 1.165) is 32.5 Å². The predicted molar refractivity (Wildman–Crippen MR) is 64.4 cm³/mol. The van der Waals surface area contributed by atoms with Crippen LogP contribution in [0.1, 0.15) is 26.7 Å². The molecule has 1 aliphatic heterocycles. The zero-order valence-corrected chi connectivity index (χ0v) is 10.7. The Bertz CT molecular complexity index is 213. The lowest BCUT2D eigenvalue weighted by Crippen LogP contribution is -2.37. The van der Waals surface area contributed by atoms with Crippen LogP contribution in [0.2, 0.25) is 0 Å². The summed E-state index contributed by atoms with van der Waals surface area (Å²) in [6.07, 6.45) is 2.12. The fourth-order valence-corrected chi connectivity index (χ4v) is 1.87. The standard InChI is InChI=1S/C12H24N2O2/c1-10(2)9-16-12(15)14(3)8-11-4-6-13-7-5-11/h10-11,13H,4-9H2,1-3H3. The molecule has 0 aromatic rings. The molecule has 16 heavy (non-hydrogen) atoms. The van der Waals surface area contributed by atoms with E-state index < -0.39 is 0 Å². The number of carbonyl (C=O) groups excluding carboxylic acids is 1. The summed E-state index contributed by atoms with van der Waals surface area (Å²) >= 11 is 0. The van der Waals surface area contributed by atoms with Crippen LogP contribution in [0.3, 0.4) is 0 Å². The molecule has 1 rings (SSSR count). The van der Waals surface area contributed by atoms with E-state index in [0.29, 0.717) is 18.4 Å². The average Bonchev–Trinajstić information content (AvgIpc) is 2.27. The summed E-state index contributed by atoms with van der Waals surface area (Å²) in [4.78, 5) is 13.3. The molecule has 1 fully saturated rings. The van der Waals surface area contributed by atoms with Gasteiger partial charge in [-0.1, -0.05) is 13.8 Å². The third kappa shape index (κ3) is 4.84. The van der Waals surface area contributed by atoms with Crippen LogP contribution in [0.5, 0.6) is 0 Å². The minimum atomic E-state index is -0.188. The van der Waals surface area contributed by atoms with Crippen molar-refractivity contribution in [3.63, 3.8) is 0 Å². The van der Waals surface area contributed by atoms with Crippen LogP contribution < -0.4 is 5.32 Å². The van der Waals surface area contributed by atoms with Crippen molar-refractivity contribution in [1.29, 1.82) is 0 Å². The molecule has 4 heteroatoms. The number of rotatable bonds is 4. The van der Waals surface area contributed by atoms with Crippen LogP contribution in [-0.4, -0.2) is 44.3 Å². The highest BCUT2D eigenvalue weighted by Crippen LogP contribution is 2.13. The third-order valence-electron chi connectivity index (χ3n) is 2.84. The molecule has 1 N–H and O–H groups in total. The smallest absolute Gasteiger partial charge is 0.409 e. The number of amides is 1. The van der Waals surface area contributed by atoms with E-state index >= 15 is 0 Å². The van der Waals surface area contributed by atoms with E-state index in [-0.39, 0.29) is 6.09 Å². The summed E-state index contributed by atoms with van der Waals surface area (Å²) in [7, 11) is 1.82. The molecule has 0 saturated carbocycles. The van der Waals surface area contributed by atoms with Crippen molar-refractivity contribution >= 4 is 6.09 Å². The number of piperidine rings is 1. The zero-order chi connectivity index (χ0) is 12.0. The van der Waals surface area contributed by atoms with Crippen molar-refractivity contribution in [2.45, 2.75) is 26.7 Å². The summed E-state index contributed by atoms with van der Waals surface area (Å²) < 4.78 is 5.18. The Morgan fingerprint density at radius 2 is 2.06 bits per heavy atom. The van der Waals surface area contributed by atoms with Gasteiger partial charge in [0.2, 0.25) is 0 Å². The number of hydrogen-bond donors (Lipinski definition) is 1. The van der Waals surface area contributed by atoms with Crippen molar-refractivity contribution in [3.05, 3.63) is 0 Å². The van der Waals surface area contributed by atoms with Gasteiger partial charge in [-0.15, -0.1) is 0 Å². The lowest BCUT2D eigenvalue weighted by Gasteiger charge is -2.27. The second-order valence-electron chi connectivity index (χ2n) is 5.04. The Hall–Kier alpha value is -0.770. The molecular weight excluding hydrogens is 204 g/mol. The monoisotopic (exact) mass is 228 g/mol. The SMILES string of the molecule is CC(C)COC(=O)N(C)CC1CCNCC1. The molecule has 0 atom stereocenters. The van der Waals surface area contributed by atoms with Crippen LogP contribution in [0.15, 0.2) is 0 Å². The van der Waals surface area contributed by atoms with Crippen LogP contribution in [-0.2, 0) is 4.74 Å². The largest absolute Gasteiger partial charge is 0.449 e. The summed E-state index contributed by atoms with van der Waals surface area (Å²) in [6, 6.07) is 0. The van der Waals surface area contributed by atoms with Gasteiger partial charge in [-0.3, -0.25) is 0 Å². The van der Waals surface area contributed by atoms with Crippen LogP contribution >= 0.6 is 0 Å². The van der Waals surface area contributed by atoms with Gasteiger partial charge in [0.15, 0.2) is 0 Å². The molecule has 1 saturated heterocycles. The van der Waals surface area contributed by atoms with Crippen molar-refractivity contribution in [2.24, 2.45) is 11.8 Å². The molecule has 1 amide bonds. The number of hydrogen-bond acceptors (Lipinski definition) is 3. The van der Waals surface area contributed by atoms with Gasteiger partial charge in [-0.25, -0.2) is 4.79 Å². The van der Waals surface area contributed by atoms with E-state index in [1.807, 2.05) is 20.9 Å². The summed E-state index contributed by atoms with van der Waals surface area (Å²) in [5.74, 6) is 1.02. The number of carbonyl (C=O) groups is 1. The maximum absolute atomic E-state index is 11.6. The first-order chi connectivity index (χ1) is 7.59. The molecule has 0 radical (unpaired) electrons. The second kappa shape index (κ2) is 6.74. The number of ether oxygens (including phenoxy) is 1. The number of nitrogens with zero attached hydrogens (tertiary/aromatic N) is 1. The third-order valence-corrected chi connectivity index (χ3v) is 2.84. The highest BCUT2D eigenvalue weighted by molar-refractivity contribution is 5.67. The fraction of sp³-hybridized carbons (Fsp3) is 0.917. The van der Waals surface area contributed by atoms with Gasteiger partial charge in [0.25, 0.3) is 0 Å². The lowest BCUT2D eigenvalue weighted by atomic mass is 9.98. The van der Waals surface area contributed by atoms with Gasteiger partial charge in [-0.05, 0) is 37.8 Å². The number of nitrogens with one attached hydrogen (secondary N) is 1. The van der Waals surface area contributed by atoms with Gasteiger partial charge in [-0.2, -0.15) is 0 Å². The van der Waals surface area contributed by atoms with E-state index in [2.05, 4.69) is 5.32 Å². The van der Waals surface area contributed by atoms with Crippen molar-refractivity contribution in [2.75, 3.05) is 33.3 Å². The molecule has 1 heterocycles. The zero-order valence-electron chi connectivity index (χ0n) is 10.7. The molecular formula is C12H24N2O2. The average molecular weight is 228 g/mol.